The number of anilines is 1. The second-order valence-corrected chi connectivity index (χ2v) is 7.01. The lowest BCUT2D eigenvalue weighted by molar-refractivity contribution is 0.583. The molecule has 3 rings (SSSR count). The highest BCUT2D eigenvalue weighted by molar-refractivity contribution is 7.89. The number of nitrogens with one attached hydrogen (secondary N) is 2. The van der Waals surface area contributed by atoms with Gasteiger partial charge in [-0.05, 0) is 19.1 Å². The number of sulfonamides is 1. The van der Waals surface area contributed by atoms with Crippen LogP contribution in [0.5, 0.6) is 0 Å². The molecular formula is C16H18N6O2S. The molecule has 0 bridgehead atoms. The topological polar surface area (TPSA) is 102 Å². The first-order valence-corrected chi connectivity index (χ1v) is 9.15. The Morgan fingerprint density at radius 2 is 1.88 bits per heavy atom. The van der Waals surface area contributed by atoms with Crippen molar-refractivity contribution >= 4 is 15.8 Å². The van der Waals surface area contributed by atoms with E-state index in [9.17, 15) is 8.42 Å². The number of hydrogen-bond donors (Lipinski definition) is 2. The van der Waals surface area contributed by atoms with Gasteiger partial charge in [0.15, 0.2) is 0 Å². The van der Waals surface area contributed by atoms with Crippen molar-refractivity contribution in [1.82, 2.24) is 24.2 Å². The third-order valence-corrected chi connectivity index (χ3v) is 4.98. The fraction of sp³-hybridized carbons (Fsp3) is 0.188. The van der Waals surface area contributed by atoms with Crippen LogP contribution in [-0.4, -0.2) is 41.0 Å². The number of aromatic nitrogens is 4. The molecule has 2 aromatic heterocycles. The molecule has 0 radical (unpaired) electrons. The monoisotopic (exact) mass is 358 g/mol. The molecule has 0 spiro atoms. The molecule has 0 fully saturated rings. The smallest absolute Gasteiger partial charge is 0.240 e. The lowest BCUT2D eigenvalue weighted by atomic mass is 10.4. The Balaban J connectivity index is 1.57. The number of aryl methyl sites for hydroxylation is 1. The van der Waals surface area contributed by atoms with Crippen LogP contribution >= 0.6 is 0 Å². The van der Waals surface area contributed by atoms with E-state index in [2.05, 4.69) is 25.0 Å². The maximum Gasteiger partial charge on any atom is 0.240 e. The number of benzene rings is 1. The fourth-order valence-electron chi connectivity index (χ4n) is 2.25. The van der Waals surface area contributed by atoms with Gasteiger partial charge in [0.05, 0.1) is 4.90 Å². The molecule has 9 heteroatoms. The Labute approximate surface area is 146 Å². The predicted molar refractivity (Wildman–Crippen MR) is 94.0 cm³/mol. The summed E-state index contributed by atoms with van der Waals surface area (Å²) in [5.41, 5.74) is 0. The Kier molecular flexibility index (Phi) is 5.05. The third-order valence-electron chi connectivity index (χ3n) is 3.50. The van der Waals surface area contributed by atoms with Crippen molar-refractivity contribution < 1.29 is 8.42 Å². The second kappa shape index (κ2) is 7.41. The Morgan fingerprint density at radius 1 is 1.08 bits per heavy atom. The summed E-state index contributed by atoms with van der Waals surface area (Å²) in [4.78, 5) is 12.8. The quantitative estimate of drug-likeness (QED) is 0.619. The van der Waals surface area contributed by atoms with Crippen LogP contribution in [0, 0.1) is 6.92 Å². The van der Waals surface area contributed by atoms with Crippen LogP contribution in [0.1, 0.15) is 5.82 Å². The number of nitrogens with zero attached hydrogens (tertiary/aromatic N) is 4. The van der Waals surface area contributed by atoms with Gasteiger partial charge in [0, 0.05) is 31.5 Å². The average Bonchev–Trinajstić information content (AvgIpc) is 3.06. The Bertz CT molecular complexity index is 940. The summed E-state index contributed by atoms with van der Waals surface area (Å²) in [7, 11) is -3.50. The SMILES string of the molecule is Cc1nccn1-c1cc(NCCNS(=O)(=O)c2ccccc2)ncn1. The highest BCUT2D eigenvalue weighted by Gasteiger charge is 2.12. The molecule has 0 saturated carbocycles. The highest BCUT2D eigenvalue weighted by atomic mass is 32.2. The van der Waals surface area contributed by atoms with Crippen molar-refractivity contribution in [2.45, 2.75) is 11.8 Å². The average molecular weight is 358 g/mol. The van der Waals surface area contributed by atoms with E-state index in [0.29, 0.717) is 18.2 Å². The van der Waals surface area contributed by atoms with Crippen molar-refractivity contribution in [2.75, 3.05) is 18.4 Å². The second-order valence-electron chi connectivity index (χ2n) is 5.24. The standard InChI is InChI=1S/C16H18N6O2S/c1-13-17-9-10-22(13)16-11-15(19-12-20-16)18-7-8-21-25(23,24)14-5-3-2-4-6-14/h2-6,9-12,21H,7-8H2,1H3,(H,18,19,20). The maximum atomic E-state index is 12.1. The van der Waals surface area contributed by atoms with Crippen LogP contribution in [0.2, 0.25) is 0 Å². The molecule has 0 aliphatic heterocycles. The van der Waals surface area contributed by atoms with Crippen LogP contribution in [0.25, 0.3) is 5.82 Å². The van der Waals surface area contributed by atoms with E-state index < -0.39 is 10.0 Å². The van der Waals surface area contributed by atoms with Gasteiger partial charge in [-0.1, -0.05) is 18.2 Å². The molecule has 130 valence electrons. The molecule has 0 saturated heterocycles. The predicted octanol–water partition coefficient (Wildman–Crippen LogP) is 1.36. The first-order valence-electron chi connectivity index (χ1n) is 7.67. The lowest BCUT2D eigenvalue weighted by Gasteiger charge is -2.09. The summed E-state index contributed by atoms with van der Waals surface area (Å²) in [5, 5.41) is 3.08. The largest absolute Gasteiger partial charge is 0.369 e. The number of hydrogen-bond acceptors (Lipinski definition) is 6. The van der Waals surface area contributed by atoms with Gasteiger partial charge >= 0.3 is 0 Å². The minimum absolute atomic E-state index is 0.237. The molecule has 3 aromatic rings. The van der Waals surface area contributed by atoms with Crippen molar-refractivity contribution in [1.29, 1.82) is 0 Å². The van der Waals surface area contributed by atoms with Gasteiger partial charge in [-0.2, -0.15) is 0 Å². The van der Waals surface area contributed by atoms with Crippen LogP contribution in [0.15, 0.2) is 60.0 Å². The Hall–Kier alpha value is -2.78. The zero-order valence-corrected chi connectivity index (χ0v) is 14.4. The lowest BCUT2D eigenvalue weighted by Crippen LogP contribution is -2.29. The van der Waals surface area contributed by atoms with E-state index in [-0.39, 0.29) is 11.4 Å². The minimum atomic E-state index is -3.50. The van der Waals surface area contributed by atoms with E-state index in [1.807, 2.05) is 17.7 Å². The minimum Gasteiger partial charge on any atom is -0.369 e. The molecule has 0 aliphatic carbocycles. The van der Waals surface area contributed by atoms with Crippen LogP contribution < -0.4 is 10.0 Å². The van der Waals surface area contributed by atoms with Gasteiger partial charge in [0.25, 0.3) is 0 Å². The molecule has 0 amide bonds. The van der Waals surface area contributed by atoms with Crippen molar-refractivity contribution in [2.24, 2.45) is 0 Å². The van der Waals surface area contributed by atoms with E-state index >= 15 is 0 Å². The molecular weight excluding hydrogens is 340 g/mol. The summed E-state index contributed by atoms with van der Waals surface area (Å²) < 4.78 is 28.6. The van der Waals surface area contributed by atoms with Gasteiger partial charge in [-0.25, -0.2) is 28.1 Å². The van der Waals surface area contributed by atoms with Gasteiger partial charge in [-0.15, -0.1) is 0 Å². The molecule has 25 heavy (non-hydrogen) atoms. The van der Waals surface area contributed by atoms with Gasteiger partial charge in [0.2, 0.25) is 10.0 Å². The summed E-state index contributed by atoms with van der Waals surface area (Å²) in [6.07, 6.45) is 4.96. The highest BCUT2D eigenvalue weighted by Crippen LogP contribution is 2.10. The van der Waals surface area contributed by atoms with Crippen LogP contribution in [0.4, 0.5) is 5.82 Å². The summed E-state index contributed by atoms with van der Waals surface area (Å²) in [5.74, 6) is 2.12. The molecule has 0 atom stereocenters. The third kappa shape index (κ3) is 4.20. The van der Waals surface area contributed by atoms with Crippen molar-refractivity contribution in [3.8, 4) is 5.82 Å². The molecule has 0 aliphatic rings. The van der Waals surface area contributed by atoms with Crippen molar-refractivity contribution in [3.05, 3.63) is 60.9 Å². The Morgan fingerprint density at radius 3 is 2.60 bits per heavy atom. The summed E-state index contributed by atoms with van der Waals surface area (Å²) in [6, 6.07) is 10.0. The molecule has 2 N–H and O–H groups in total. The maximum absolute atomic E-state index is 12.1. The number of imidazole rings is 1. The first-order chi connectivity index (χ1) is 12.1. The number of rotatable bonds is 7. The first kappa shape index (κ1) is 17.1. The van der Waals surface area contributed by atoms with E-state index in [4.69, 9.17) is 0 Å². The normalized spacial score (nSPS) is 11.4. The van der Waals surface area contributed by atoms with Gasteiger partial charge in [-0.3, -0.25) is 4.57 Å². The van der Waals surface area contributed by atoms with E-state index in [1.165, 1.54) is 6.33 Å². The van der Waals surface area contributed by atoms with E-state index in [1.54, 1.807) is 42.6 Å². The van der Waals surface area contributed by atoms with Gasteiger partial charge < -0.3 is 5.32 Å². The van der Waals surface area contributed by atoms with Gasteiger partial charge in [0.1, 0.15) is 23.8 Å². The van der Waals surface area contributed by atoms with Crippen LogP contribution in [-0.2, 0) is 10.0 Å². The summed E-state index contributed by atoms with van der Waals surface area (Å²) in [6.45, 7) is 2.51. The summed E-state index contributed by atoms with van der Waals surface area (Å²) >= 11 is 0. The van der Waals surface area contributed by atoms with E-state index in [0.717, 1.165) is 5.82 Å². The van der Waals surface area contributed by atoms with Crippen LogP contribution in [0.3, 0.4) is 0 Å². The fourth-order valence-corrected chi connectivity index (χ4v) is 3.31. The molecule has 8 nitrogen and oxygen atoms in total. The molecule has 1 aromatic carbocycles. The zero-order valence-electron chi connectivity index (χ0n) is 13.6. The zero-order chi connectivity index (χ0) is 17.7. The van der Waals surface area contributed by atoms with Crippen molar-refractivity contribution in [3.63, 3.8) is 0 Å². The molecule has 2 heterocycles. The molecule has 0 unspecified atom stereocenters.